The third-order valence-electron chi connectivity index (χ3n) is 2.63. The Morgan fingerprint density at radius 3 is 2.62 bits per heavy atom. The van der Waals surface area contributed by atoms with Crippen molar-refractivity contribution in [2.45, 2.75) is 34.2 Å². The van der Waals surface area contributed by atoms with E-state index in [2.05, 4.69) is 29.8 Å². The molecular formula is C12H19N3S. The number of hydrogen-bond donors (Lipinski definition) is 0. The SMILES string of the molecule is CCN(Cc1nc(C)c(C)s1)CC(C)C#N. The highest BCUT2D eigenvalue weighted by Gasteiger charge is 2.11. The number of thiazole rings is 1. The molecule has 0 bridgehead atoms. The van der Waals surface area contributed by atoms with E-state index >= 15 is 0 Å². The van der Waals surface area contributed by atoms with Gasteiger partial charge in [-0.1, -0.05) is 6.92 Å². The van der Waals surface area contributed by atoms with Crippen LogP contribution < -0.4 is 0 Å². The average Bonchev–Trinajstić information content (AvgIpc) is 2.56. The molecule has 4 heteroatoms. The van der Waals surface area contributed by atoms with Crippen molar-refractivity contribution in [1.29, 1.82) is 5.26 Å². The Bertz CT molecular complexity index is 359. The second-order valence-electron chi connectivity index (χ2n) is 4.11. The van der Waals surface area contributed by atoms with Crippen LogP contribution in [0.4, 0.5) is 0 Å². The summed E-state index contributed by atoms with van der Waals surface area (Å²) in [6.07, 6.45) is 0. The van der Waals surface area contributed by atoms with Crippen LogP contribution in [0.5, 0.6) is 0 Å². The number of nitrogens with zero attached hydrogens (tertiary/aromatic N) is 3. The van der Waals surface area contributed by atoms with Gasteiger partial charge in [0.05, 0.1) is 24.2 Å². The van der Waals surface area contributed by atoms with Crippen molar-refractivity contribution in [3.63, 3.8) is 0 Å². The number of rotatable bonds is 5. The van der Waals surface area contributed by atoms with E-state index < -0.39 is 0 Å². The van der Waals surface area contributed by atoms with Crippen molar-refractivity contribution in [1.82, 2.24) is 9.88 Å². The van der Waals surface area contributed by atoms with Gasteiger partial charge in [0.1, 0.15) is 5.01 Å². The molecule has 0 aliphatic rings. The second-order valence-corrected chi connectivity index (χ2v) is 5.39. The Kier molecular flexibility index (Phi) is 4.91. The quantitative estimate of drug-likeness (QED) is 0.790. The first-order valence-electron chi connectivity index (χ1n) is 5.61. The Balaban J connectivity index is 2.60. The topological polar surface area (TPSA) is 39.9 Å². The van der Waals surface area contributed by atoms with E-state index in [9.17, 15) is 0 Å². The lowest BCUT2D eigenvalue weighted by Crippen LogP contribution is -2.27. The van der Waals surface area contributed by atoms with Crippen molar-refractivity contribution in [2.24, 2.45) is 5.92 Å². The molecule has 0 N–H and O–H groups in total. The molecule has 0 aliphatic carbocycles. The summed E-state index contributed by atoms with van der Waals surface area (Å²) >= 11 is 1.76. The van der Waals surface area contributed by atoms with E-state index in [4.69, 9.17) is 5.26 Å². The third kappa shape index (κ3) is 3.58. The first-order valence-corrected chi connectivity index (χ1v) is 6.43. The molecule has 1 unspecified atom stereocenters. The van der Waals surface area contributed by atoms with E-state index in [0.717, 1.165) is 30.3 Å². The normalized spacial score (nSPS) is 12.8. The molecule has 0 fully saturated rings. The molecule has 0 spiro atoms. The summed E-state index contributed by atoms with van der Waals surface area (Å²) in [4.78, 5) is 8.09. The largest absolute Gasteiger partial charge is 0.296 e. The number of aromatic nitrogens is 1. The summed E-state index contributed by atoms with van der Waals surface area (Å²) in [6, 6.07) is 2.27. The van der Waals surface area contributed by atoms with E-state index in [-0.39, 0.29) is 5.92 Å². The Hall–Kier alpha value is -0.920. The standard InChI is InChI=1S/C12H19N3S/c1-5-15(7-9(2)6-13)8-12-14-10(3)11(4)16-12/h9H,5,7-8H2,1-4H3. The lowest BCUT2D eigenvalue weighted by molar-refractivity contribution is 0.260. The summed E-state index contributed by atoms with van der Waals surface area (Å²) in [6.45, 7) is 10.9. The molecular weight excluding hydrogens is 218 g/mol. The van der Waals surface area contributed by atoms with Gasteiger partial charge in [0.25, 0.3) is 0 Å². The monoisotopic (exact) mass is 237 g/mol. The van der Waals surface area contributed by atoms with Crippen LogP contribution >= 0.6 is 11.3 Å². The maximum absolute atomic E-state index is 8.80. The fourth-order valence-electron chi connectivity index (χ4n) is 1.53. The van der Waals surface area contributed by atoms with Gasteiger partial charge in [-0.2, -0.15) is 5.26 Å². The molecule has 1 aromatic heterocycles. The molecule has 16 heavy (non-hydrogen) atoms. The minimum Gasteiger partial charge on any atom is -0.296 e. The molecule has 1 atom stereocenters. The predicted molar refractivity (Wildman–Crippen MR) is 67.3 cm³/mol. The van der Waals surface area contributed by atoms with E-state index in [0.29, 0.717) is 0 Å². The fraction of sp³-hybridized carbons (Fsp3) is 0.667. The zero-order valence-corrected chi connectivity index (χ0v) is 11.3. The third-order valence-corrected chi connectivity index (χ3v) is 3.69. The molecule has 1 rings (SSSR count). The molecule has 0 saturated carbocycles. The van der Waals surface area contributed by atoms with Crippen molar-refractivity contribution >= 4 is 11.3 Å². The highest BCUT2D eigenvalue weighted by Crippen LogP contribution is 2.18. The molecule has 0 amide bonds. The highest BCUT2D eigenvalue weighted by atomic mass is 32.1. The molecule has 3 nitrogen and oxygen atoms in total. The van der Waals surface area contributed by atoms with Gasteiger partial charge >= 0.3 is 0 Å². The number of nitriles is 1. The first-order chi connectivity index (χ1) is 7.56. The average molecular weight is 237 g/mol. The Labute approximate surface area is 102 Å². The molecule has 0 aliphatic heterocycles. The van der Waals surface area contributed by atoms with Gasteiger partial charge in [0.2, 0.25) is 0 Å². The van der Waals surface area contributed by atoms with Gasteiger partial charge in [-0.3, -0.25) is 4.90 Å². The van der Waals surface area contributed by atoms with Gasteiger partial charge in [0, 0.05) is 11.4 Å². The summed E-state index contributed by atoms with van der Waals surface area (Å²) in [5.74, 6) is 0.0853. The van der Waals surface area contributed by atoms with E-state index in [1.807, 2.05) is 13.8 Å². The van der Waals surface area contributed by atoms with Crippen LogP contribution in [0.2, 0.25) is 0 Å². The lowest BCUT2D eigenvalue weighted by Gasteiger charge is -2.19. The maximum Gasteiger partial charge on any atom is 0.107 e. The Morgan fingerprint density at radius 1 is 1.50 bits per heavy atom. The number of hydrogen-bond acceptors (Lipinski definition) is 4. The van der Waals surface area contributed by atoms with Crippen LogP contribution in [0.25, 0.3) is 0 Å². The predicted octanol–water partition coefficient (Wildman–Crippen LogP) is 2.74. The van der Waals surface area contributed by atoms with Crippen LogP contribution in [0.15, 0.2) is 0 Å². The van der Waals surface area contributed by atoms with Gasteiger partial charge in [0.15, 0.2) is 0 Å². The molecule has 1 aromatic rings. The molecule has 88 valence electrons. The number of aryl methyl sites for hydroxylation is 2. The van der Waals surface area contributed by atoms with Crippen LogP contribution in [0, 0.1) is 31.1 Å². The smallest absolute Gasteiger partial charge is 0.107 e. The lowest BCUT2D eigenvalue weighted by atomic mass is 10.2. The van der Waals surface area contributed by atoms with Gasteiger partial charge in [-0.25, -0.2) is 4.98 Å². The molecule has 0 saturated heterocycles. The Morgan fingerprint density at radius 2 is 2.19 bits per heavy atom. The van der Waals surface area contributed by atoms with Gasteiger partial charge in [-0.05, 0) is 27.3 Å². The second kappa shape index (κ2) is 5.97. The fourth-order valence-corrected chi connectivity index (χ4v) is 2.51. The molecule has 0 radical (unpaired) electrons. The zero-order valence-electron chi connectivity index (χ0n) is 10.4. The van der Waals surface area contributed by atoms with Crippen molar-refractivity contribution in [2.75, 3.05) is 13.1 Å². The minimum absolute atomic E-state index is 0.0853. The summed E-state index contributed by atoms with van der Waals surface area (Å²) in [7, 11) is 0. The van der Waals surface area contributed by atoms with Crippen LogP contribution in [0.1, 0.15) is 29.4 Å². The molecule has 0 aromatic carbocycles. The summed E-state index contributed by atoms with van der Waals surface area (Å²) in [5, 5.41) is 9.96. The van der Waals surface area contributed by atoms with Crippen molar-refractivity contribution < 1.29 is 0 Å². The van der Waals surface area contributed by atoms with E-state index in [1.54, 1.807) is 11.3 Å². The van der Waals surface area contributed by atoms with Gasteiger partial charge < -0.3 is 0 Å². The first kappa shape index (κ1) is 13.1. The minimum atomic E-state index is 0.0853. The van der Waals surface area contributed by atoms with E-state index in [1.165, 1.54) is 4.88 Å². The van der Waals surface area contributed by atoms with Crippen LogP contribution in [-0.2, 0) is 6.54 Å². The maximum atomic E-state index is 8.80. The summed E-state index contributed by atoms with van der Waals surface area (Å²) in [5.41, 5.74) is 1.13. The highest BCUT2D eigenvalue weighted by molar-refractivity contribution is 7.11. The van der Waals surface area contributed by atoms with Crippen molar-refractivity contribution in [3.05, 3.63) is 15.6 Å². The van der Waals surface area contributed by atoms with Crippen LogP contribution in [0.3, 0.4) is 0 Å². The van der Waals surface area contributed by atoms with Crippen LogP contribution in [-0.4, -0.2) is 23.0 Å². The summed E-state index contributed by atoms with van der Waals surface area (Å²) < 4.78 is 0. The van der Waals surface area contributed by atoms with Gasteiger partial charge in [-0.15, -0.1) is 11.3 Å². The molecule has 1 heterocycles. The zero-order chi connectivity index (χ0) is 12.1. The van der Waals surface area contributed by atoms with Crippen molar-refractivity contribution in [3.8, 4) is 6.07 Å².